The summed E-state index contributed by atoms with van der Waals surface area (Å²) in [5.74, 6) is 0.541. The van der Waals surface area contributed by atoms with Crippen molar-refractivity contribution in [2.45, 2.75) is 13.8 Å². The van der Waals surface area contributed by atoms with Crippen LogP contribution < -0.4 is 21.1 Å². The van der Waals surface area contributed by atoms with E-state index in [-0.39, 0.29) is 11.8 Å². The van der Waals surface area contributed by atoms with Crippen molar-refractivity contribution in [1.29, 1.82) is 0 Å². The lowest BCUT2D eigenvalue weighted by molar-refractivity contribution is -0.116. The average molecular weight is 597 g/mol. The number of nitrogen functional groups attached to an aromatic ring is 1. The molecule has 0 fully saturated rings. The summed E-state index contributed by atoms with van der Waals surface area (Å²) in [5, 5.41) is 9.76. The standard InChI is InChI=1S/C33H36N6O3S/c1-5-39(6-2)16-15-35-29(40)14-12-23-19-36-32(34)30-24(20-43-31(23)30)21-11-13-25(28(18-21)42-4)37-33(41)27-17-22-9-7-8-10-26(22)38(27)3/h7-14,17-20H,5-6,15-16H2,1-4H3,(H2,34,36)(H,35,40)(H,37,41)/b14-12+. The molecular weight excluding hydrogens is 560 g/mol. The summed E-state index contributed by atoms with van der Waals surface area (Å²) in [4.78, 5) is 32.3. The zero-order valence-corrected chi connectivity index (χ0v) is 25.6. The lowest BCUT2D eigenvalue weighted by atomic mass is 10.0. The van der Waals surface area contributed by atoms with E-state index in [2.05, 4.69) is 34.4 Å². The van der Waals surface area contributed by atoms with E-state index in [0.29, 0.717) is 29.5 Å². The van der Waals surface area contributed by atoms with E-state index in [1.54, 1.807) is 19.4 Å². The van der Waals surface area contributed by atoms with Crippen LogP contribution in [0.3, 0.4) is 0 Å². The van der Waals surface area contributed by atoms with Gasteiger partial charge in [0.25, 0.3) is 5.91 Å². The van der Waals surface area contributed by atoms with Gasteiger partial charge in [0.2, 0.25) is 5.91 Å². The minimum Gasteiger partial charge on any atom is -0.495 e. The van der Waals surface area contributed by atoms with Gasteiger partial charge in [-0.05, 0) is 54.4 Å². The molecular formula is C33H36N6O3S. The number of pyridine rings is 1. The van der Waals surface area contributed by atoms with Crippen LogP contribution in [0, 0.1) is 0 Å². The maximum absolute atomic E-state index is 13.2. The predicted octanol–water partition coefficient (Wildman–Crippen LogP) is 5.77. The molecule has 4 N–H and O–H groups in total. The fourth-order valence-electron chi connectivity index (χ4n) is 5.17. The summed E-state index contributed by atoms with van der Waals surface area (Å²) in [6.07, 6.45) is 4.99. The van der Waals surface area contributed by atoms with Gasteiger partial charge in [0.1, 0.15) is 17.3 Å². The van der Waals surface area contributed by atoms with E-state index in [1.807, 2.05) is 65.5 Å². The van der Waals surface area contributed by atoms with Gasteiger partial charge in [-0.1, -0.05) is 38.1 Å². The minimum atomic E-state index is -0.229. The number of rotatable bonds is 11. The van der Waals surface area contributed by atoms with Crippen molar-refractivity contribution in [3.05, 3.63) is 77.4 Å². The summed E-state index contributed by atoms with van der Waals surface area (Å²) >= 11 is 1.54. The first-order chi connectivity index (χ1) is 20.8. The first-order valence-corrected chi connectivity index (χ1v) is 15.1. The molecule has 9 nitrogen and oxygen atoms in total. The first-order valence-electron chi connectivity index (χ1n) is 14.2. The number of nitrogens with two attached hydrogens (primary N) is 1. The van der Waals surface area contributed by atoms with E-state index in [1.165, 1.54) is 17.4 Å². The Morgan fingerprint density at radius 1 is 1.14 bits per heavy atom. The third-order valence-corrected chi connectivity index (χ3v) is 8.66. The normalized spacial score (nSPS) is 11.6. The number of para-hydroxylation sites is 1. The molecule has 0 saturated carbocycles. The van der Waals surface area contributed by atoms with E-state index in [4.69, 9.17) is 10.5 Å². The Kier molecular flexibility index (Phi) is 9.08. The van der Waals surface area contributed by atoms with Crippen LogP contribution in [0.4, 0.5) is 11.5 Å². The van der Waals surface area contributed by atoms with Crippen molar-refractivity contribution in [2.24, 2.45) is 7.05 Å². The topological polar surface area (TPSA) is 115 Å². The quantitative estimate of drug-likeness (QED) is 0.167. The molecule has 2 aromatic carbocycles. The Hall–Kier alpha value is -4.67. The van der Waals surface area contributed by atoms with Gasteiger partial charge < -0.3 is 30.6 Å². The Morgan fingerprint density at radius 2 is 1.93 bits per heavy atom. The highest BCUT2D eigenvalue weighted by atomic mass is 32.1. The van der Waals surface area contributed by atoms with Gasteiger partial charge in [-0.2, -0.15) is 0 Å². The largest absolute Gasteiger partial charge is 0.495 e. The smallest absolute Gasteiger partial charge is 0.272 e. The molecule has 0 aliphatic carbocycles. The van der Waals surface area contributed by atoms with Gasteiger partial charge in [0.05, 0.1) is 12.8 Å². The summed E-state index contributed by atoms with van der Waals surface area (Å²) in [7, 11) is 3.45. The van der Waals surface area contributed by atoms with Crippen LogP contribution in [0.1, 0.15) is 29.9 Å². The Morgan fingerprint density at radius 3 is 2.67 bits per heavy atom. The number of benzene rings is 2. The molecule has 0 aliphatic rings. The number of likely N-dealkylation sites (N-methyl/N-ethyl adjacent to an activating group) is 1. The number of amides is 2. The second-order valence-corrected chi connectivity index (χ2v) is 11.0. The summed E-state index contributed by atoms with van der Waals surface area (Å²) in [5.41, 5.74) is 11.0. The number of ether oxygens (including phenoxy) is 1. The number of carbonyl (C=O) groups is 2. The average Bonchev–Trinajstić information content (AvgIpc) is 3.62. The first kappa shape index (κ1) is 29.8. The maximum Gasteiger partial charge on any atom is 0.272 e. The zero-order chi connectivity index (χ0) is 30.5. The molecule has 0 aliphatic heterocycles. The number of nitrogens with one attached hydrogen (secondary N) is 2. The predicted molar refractivity (Wildman–Crippen MR) is 177 cm³/mol. The number of anilines is 2. The Labute approximate surface area is 255 Å². The van der Waals surface area contributed by atoms with Crippen LogP contribution in [-0.4, -0.2) is 59.6 Å². The van der Waals surface area contributed by atoms with Gasteiger partial charge in [-0.3, -0.25) is 9.59 Å². The fourth-order valence-corrected chi connectivity index (χ4v) is 6.25. The van der Waals surface area contributed by atoms with Crippen LogP contribution in [0.2, 0.25) is 0 Å². The highest BCUT2D eigenvalue weighted by molar-refractivity contribution is 7.18. The lowest BCUT2D eigenvalue weighted by Gasteiger charge is -2.17. The number of aryl methyl sites for hydroxylation is 1. The zero-order valence-electron chi connectivity index (χ0n) is 24.8. The molecule has 3 heterocycles. The summed E-state index contributed by atoms with van der Waals surface area (Å²) < 4.78 is 8.49. The van der Waals surface area contributed by atoms with Gasteiger partial charge in [-0.15, -0.1) is 11.3 Å². The van der Waals surface area contributed by atoms with Crippen molar-refractivity contribution in [3.63, 3.8) is 0 Å². The number of methoxy groups -OCH3 is 1. The SMILES string of the molecule is CCN(CC)CCNC(=O)/C=C/c1cnc(N)c2c(-c3ccc(NC(=O)c4cc5ccccc5n4C)c(OC)c3)csc12. The van der Waals surface area contributed by atoms with Crippen LogP contribution in [0.25, 0.3) is 38.2 Å². The van der Waals surface area contributed by atoms with E-state index in [9.17, 15) is 9.59 Å². The van der Waals surface area contributed by atoms with Gasteiger partial charge in [0, 0.05) is 64.5 Å². The van der Waals surface area contributed by atoms with Crippen molar-refractivity contribution in [3.8, 4) is 16.9 Å². The number of thiophene rings is 1. The molecule has 3 aromatic heterocycles. The van der Waals surface area contributed by atoms with Gasteiger partial charge >= 0.3 is 0 Å². The number of aromatic nitrogens is 2. The van der Waals surface area contributed by atoms with Gasteiger partial charge in [0.15, 0.2) is 0 Å². The van der Waals surface area contributed by atoms with Crippen LogP contribution >= 0.6 is 11.3 Å². The molecule has 5 rings (SSSR count). The molecule has 0 saturated heterocycles. The third-order valence-electron chi connectivity index (χ3n) is 7.63. The van der Waals surface area contributed by atoms with Crippen LogP contribution in [0.5, 0.6) is 5.75 Å². The number of hydrogen-bond donors (Lipinski definition) is 3. The monoisotopic (exact) mass is 596 g/mol. The number of hydrogen-bond acceptors (Lipinski definition) is 7. The second-order valence-electron chi connectivity index (χ2n) is 10.1. The number of carbonyl (C=O) groups excluding carboxylic acids is 2. The molecule has 0 radical (unpaired) electrons. The molecule has 5 aromatic rings. The summed E-state index contributed by atoms with van der Waals surface area (Å²) in [6, 6.07) is 15.4. The number of fused-ring (bicyclic) bond motifs is 2. The van der Waals surface area contributed by atoms with Crippen LogP contribution in [-0.2, 0) is 11.8 Å². The van der Waals surface area contributed by atoms with Gasteiger partial charge in [-0.25, -0.2) is 4.98 Å². The minimum absolute atomic E-state index is 0.153. The second kappa shape index (κ2) is 13.1. The van der Waals surface area contributed by atoms with Crippen molar-refractivity contribution < 1.29 is 14.3 Å². The summed E-state index contributed by atoms with van der Waals surface area (Å²) in [6.45, 7) is 7.51. The molecule has 0 atom stereocenters. The van der Waals surface area contributed by atoms with Crippen molar-refractivity contribution in [2.75, 3.05) is 44.3 Å². The highest BCUT2D eigenvalue weighted by Gasteiger charge is 2.18. The molecule has 43 heavy (non-hydrogen) atoms. The highest BCUT2D eigenvalue weighted by Crippen LogP contribution is 2.41. The molecule has 222 valence electrons. The lowest BCUT2D eigenvalue weighted by Crippen LogP contribution is -2.34. The molecule has 0 unspecified atom stereocenters. The van der Waals surface area contributed by atoms with Crippen LogP contribution in [0.15, 0.2) is 66.2 Å². The van der Waals surface area contributed by atoms with E-state index in [0.717, 1.165) is 57.3 Å². The van der Waals surface area contributed by atoms with Crippen molar-refractivity contribution >= 4 is 61.7 Å². The molecule has 0 spiro atoms. The molecule has 0 bridgehead atoms. The third kappa shape index (κ3) is 6.25. The fraction of sp³-hybridized carbons (Fsp3) is 0.242. The Bertz CT molecular complexity index is 1820. The van der Waals surface area contributed by atoms with E-state index >= 15 is 0 Å². The molecule has 10 heteroatoms. The van der Waals surface area contributed by atoms with E-state index < -0.39 is 0 Å². The van der Waals surface area contributed by atoms with Crippen molar-refractivity contribution in [1.82, 2.24) is 19.8 Å². The number of nitrogens with zero attached hydrogens (tertiary/aromatic N) is 3. The Balaban J connectivity index is 1.37. The maximum atomic E-state index is 13.2. The molecule has 2 amide bonds.